The van der Waals surface area contributed by atoms with E-state index in [0.29, 0.717) is 0 Å². The number of nitrogens with zero attached hydrogens (tertiary/aromatic N) is 1. The van der Waals surface area contributed by atoms with Gasteiger partial charge in [0.25, 0.3) is 5.69 Å². The number of aryl methyl sites for hydroxylation is 2. The summed E-state index contributed by atoms with van der Waals surface area (Å²) in [7, 11) is -4.00. The van der Waals surface area contributed by atoms with E-state index in [1.54, 1.807) is 6.92 Å². The average molecular weight is 334 g/mol. The van der Waals surface area contributed by atoms with Crippen molar-refractivity contribution in [1.82, 2.24) is 4.72 Å². The van der Waals surface area contributed by atoms with Gasteiger partial charge in [-0.25, -0.2) is 13.1 Å². The second-order valence-electron chi connectivity index (χ2n) is 5.43. The standard InChI is InChI=1S/C16H18N2O4S/c1-11-8-9-12(2)14(10-11)13(3)17-23(21,22)16-7-5-4-6-15(16)18(19)20/h4-10,13,17H,1-3H3. The van der Waals surface area contributed by atoms with Crippen molar-refractivity contribution < 1.29 is 13.3 Å². The molecule has 0 aromatic heterocycles. The third-order valence-corrected chi connectivity index (χ3v) is 5.17. The molecule has 0 heterocycles. The predicted octanol–water partition coefficient (Wildman–Crippen LogP) is 3.25. The van der Waals surface area contributed by atoms with Crippen molar-refractivity contribution in [3.8, 4) is 0 Å². The van der Waals surface area contributed by atoms with Gasteiger partial charge in [-0.3, -0.25) is 10.1 Å². The van der Waals surface area contributed by atoms with Gasteiger partial charge < -0.3 is 0 Å². The van der Waals surface area contributed by atoms with Crippen LogP contribution in [0.3, 0.4) is 0 Å². The Morgan fingerprint density at radius 3 is 2.43 bits per heavy atom. The van der Waals surface area contributed by atoms with E-state index < -0.39 is 26.7 Å². The Morgan fingerprint density at radius 2 is 1.78 bits per heavy atom. The summed E-state index contributed by atoms with van der Waals surface area (Å²) >= 11 is 0. The summed E-state index contributed by atoms with van der Waals surface area (Å²) in [5.41, 5.74) is 2.37. The number of nitro groups is 1. The van der Waals surface area contributed by atoms with Gasteiger partial charge in [0.1, 0.15) is 0 Å². The number of rotatable bonds is 5. The summed E-state index contributed by atoms with van der Waals surface area (Å²) < 4.78 is 27.6. The molecule has 0 fully saturated rings. The van der Waals surface area contributed by atoms with Crippen LogP contribution in [0.4, 0.5) is 5.69 Å². The minimum absolute atomic E-state index is 0.331. The van der Waals surface area contributed by atoms with Gasteiger partial charge in [-0.05, 0) is 38.0 Å². The van der Waals surface area contributed by atoms with Crippen molar-refractivity contribution >= 4 is 15.7 Å². The lowest BCUT2D eigenvalue weighted by atomic mass is 10.0. The molecule has 0 saturated carbocycles. The van der Waals surface area contributed by atoms with Crippen molar-refractivity contribution in [2.24, 2.45) is 0 Å². The normalized spacial score (nSPS) is 12.8. The first-order chi connectivity index (χ1) is 10.7. The molecule has 2 rings (SSSR count). The first-order valence-corrected chi connectivity index (χ1v) is 8.53. The smallest absolute Gasteiger partial charge is 0.258 e. The highest BCUT2D eigenvalue weighted by Crippen LogP contribution is 2.26. The number of nitrogens with one attached hydrogen (secondary N) is 1. The van der Waals surface area contributed by atoms with E-state index in [1.807, 2.05) is 32.0 Å². The summed E-state index contributed by atoms with van der Waals surface area (Å²) in [6.45, 7) is 5.53. The van der Waals surface area contributed by atoms with Crippen molar-refractivity contribution in [3.63, 3.8) is 0 Å². The zero-order valence-corrected chi connectivity index (χ0v) is 13.9. The van der Waals surface area contributed by atoms with Crippen LogP contribution in [0.1, 0.15) is 29.7 Å². The largest absolute Gasteiger partial charge is 0.289 e. The average Bonchev–Trinajstić information content (AvgIpc) is 2.49. The quantitative estimate of drug-likeness (QED) is 0.671. The van der Waals surface area contributed by atoms with Gasteiger partial charge in [-0.2, -0.15) is 0 Å². The highest BCUT2D eigenvalue weighted by atomic mass is 32.2. The molecular formula is C16H18N2O4S. The maximum absolute atomic E-state index is 12.5. The van der Waals surface area contributed by atoms with Gasteiger partial charge in [-0.15, -0.1) is 0 Å². The Bertz CT molecular complexity index is 847. The molecule has 0 aliphatic heterocycles. The molecule has 7 heteroatoms. The fourth-order valence-corrected chi connectivity index (χ4v) is 3.82. The summed E-state index contributed by atoms with van der Waals surface area (Å²) in [6, 6.07) is 10.6. The molecule has 6 nitrogen and oxygen atoms in total. The third-order valence-electron chi connectivity index (χ3n) is 3.58. The number of sulfonamides is 1. The minimum Gasteiger partial charge on any atom is -0.258 e. The Balaban J connectivity index is 2.39. The second-order valence-corrected chi connectivity index (χ2v) is 7.11. The molecule has 0 bridgehead atoms. The molecule has 0 saturated heterocycles. The van der Waals surface area contributed by atoms with E-state index in [4.69, 9.17) is 0 Å². The Labute approximate surface area is 135 Å². The van der Waals surface area contributed by atoms with Gasteiger partial charge >= 0.3 is 0 Å². The first kappa shape index (κ1) is 17.1. The fraction of sp³-hybridized carbons (Fsp3) is 0.250. The molecule has 1 N–H and O–H groups in total. The third kappa shape index (κ3) is 3.75. The van der Waals surface area contributed by atoms with Crippen LogP contribution < -0.4 is 4.72 Å². The first-order valence-electron chi connectivity index (χ1n) is 7.05. The molecule has 23 heavy (non-hydrogen) atoms. The molecule has 2 aromatic rings. The lowest BCUT2D eigenvalue weighted by Gasteiger charge is -2.17. The number of nitro benzene ring substituents is 1. The minimum atomic E-state index is -4.00. The van der Waals surface area contributed by atoms with Crippen LogP contribution in [-0.4, -0.2) is 13.3 Å². The van der Waals surface area contributed by atoms with Crippen LogP contribution in [-0.2, 0) is 10.0 Å². The van der Waals surface area contributed by atoms with Gasteiger partial charge in [-0.1, -0.05) is 35.9 Å². The van der Waals surface area contributed by atoms with Crippen LogP contribution in [0.5, 0.6) is 0 Å². The van der Waals surface area contributed by atoms with Gasteiger partial charge in [0.05, 0.1) is 4.92 Å². The van der Waals surface area contributed by atoms with Gasteiger partial charge in [0, 0.05) is 12.1 Å². The maximum atomic E-state index is 12.5. The van der Waals surface area contributed by atoms with E-state index >= 15 is 0 Å². The molecule has 0 aliphatic rings. The summed E-state index contributed by atoms with van der Waals surface area (Å²) in [6.07, 6.45) is 0. The molecule has 0 amide bonds. The Morgan fingerprint density at radius 1 is 1.13 bits per heavy atom. The predicted molar refractivity (Wildman–Crippen MR) is 87.7 cm³/mol. The van der Waals surface area contributed by atoms with Gasteiger partial charge in [0.2, 0.25) is 10.0 Å². The Hall–Kier alpha value is -2.25. The van der Waals surface area contributed by atoms with Crippen LogP contribution in [0.2, 0.25) is 0 Å². The number of hydrogen-bond donors (Lipinski definition) is 1. The molecule has 0 spiro atoms. The monoisotopic (exact) mass is 334 g/mol. The highest BCUT2D eigenvalue weighted by Gasteiger charge is 2.27. The van der Waals surface area contributed by atoms with Crippen molar-refractivity contribution in [3.05, 3.63) is 69.3 Å². The zero-order valence-electron chi connectivity index (χ0n) is 13.1. The number of para-hydroxylation sites is 1. The molecule has 0 aliphatic carbocycles. The molecule has 122 valence electrons. The summed E-state index contributed by atoms with van der Waals surface area (Å²) in [5, 5.41) is 11.0. The van der Waals surface area contributed by atoms with Crippen LogP contribution in [0, 0.1) is 24.0 Å². The molecular weight excluding hydrogens is 316 g/mol. The number of benzene rings is 2. The molecule has 1 atom stereocenters. The highest BCUT2D eigenvalue weighted by molar-refractivity contribution is 7.89. The molecule has 0 radical (unpaired) electrons. The topological polar surface area (TPSA) is 89.3 Å². The SMILES string of the molecule is Cc1ccc(C)c(C(C)NS(=O)(=O)c2ccccc2[N+](=O)[O-])c1. The summed E-state index contributed by atoms with van der Waals surface area (Å²) in [5.74, 6) is 0. The second kappa shape index (κ2) is 6.47. The van der Waals surface area contributed by atoms with Crippen molar-refractivity contribution in [1.29, 1.82) is 0 Å². The van der Waals surface area contributed by atoms with Crippen LogP contribution in [0.15, 0.2) is 47.4 Å². The fourth-order valence-electron chi connectivity index (χ4n) is 2.42. The lowest BCUT2D eigenvalue weighted by Crippen LogP contribution is -2.28. The van der Waals surface area contributed by atoms with E-state index in [9.17, 15) is 18.5 Å². The maximum Gasteiger partial charge on any atom is 0.289 e. The van der Waals surface area contributed by atoms with E-state index in [1.165, 1.54) is 24.3 Å². The summed E-state index contributed by atoms with van der Waals surface area (Å²) in [4.78, 5) is 10.0. The van der Waals surface area contributed by atoms with Crippen LogP contribution >= 0.6 is 0 Å². The Kier molecular flexibility index (Phi) is 4.82. The van der Waals surface area contributed by atoms with Crippen molar-refractivity contribution in [2.45, 2.75) is 31.7 Å². The van der Waals surface area contributed by atoms with Gasteiger partial charge in [0.15, 0.2) is 4.90 Å². The number of hydrogen-bond acceptors (Lipinski definition) is 4. The molecule has 2 aromatic carbocycles. The van der Waals surface area contributed by atoms with E-state index in [0.717, 1.165) is 16.7 Å². The zero-order chi connectivity index (χ0) is 17.2. The van der Waals surface area contributed by atoms with E-state index in [-0.39, 0.29) is 4.90 Å². The lowest BCUT2D eigenvalue weighted by molar-refractivity contribution is -0.387. The van der Waals surface area contributed by atoms with Crippen molar-refractivity contribution in [2.75, 3.05) is 0 Å². The van der Waals surface area contributed by atoms with Crippen LogP contribution in [0.25, 0.3) is 0 Å². The molecule has 1 unspecified atom stereocenters. The van der Waals surface area contributed by atoms with E-state index in [2.05, 4.69) is 4.72 Å².